The summed E-state index contributed by atoms with van der Waals surface area (Å²) in [5.74, 6) is 1.31. The van der Waals surface area contributed by atoms with Gasteiger partial charge in [-0.15, -0.1) is 0 Å². The van der Waals surface area contributed by atoms with E-state index in [1.165, 1.54) is 6.08 Å². The van der Waals surface area contributed by atoms with Crippen LogP contribution in [0.15, 0.2) is 60.7 Å². The van der Waals surface area contributed by atoms with Crippen molar-refractivity contribution in [3.63, 3.8) is 0 Å². The quantitative estimate of drug-likeness (QED) is 0.567. The van der Waals surface area contributed by atoms with Crippen LogP contribution in [0.1, 0.15) is 24.8 Å². The Labute approximate surface area is 169 Å². The van der Waals surface area contributed by atoms with Gasteiger partial charge in [-0.1, -0.05) is 30.4 Å². The van der Waals surface area contributed by atoms with Crippen molar-refractivity contribution in [2.45, 2.75) is 19.3 Å². The number of hydrogen-bond donors (Lipinski definition) is 2. The van der Waals surface area contributed by atoms with E-state index in [-0.39, 0.29) is 18.6 Å². The van der Waals surface area contributed by atoms with E-state index >= 15 is 0 Å². The Morgan fingerprint density at radius 3 is 2.62 bits per heavy atom. The van der Waals surface area contributed by atoms with Crippen molar-refractivity contribution in [3.8, 4) is 11.5 Å². The van der Waals surface area contributed by atoms with Crippen LogP contribution in [0.5, 0.6) is 11.5 Å². The number of fused-ring (bicyclic) bond motifs is 1. The molecule has 0 aromatic heterocycles. The number of rotatable bonds is 6. The summed E-state index contributed by atoms with van der Waals surface area (Å²) >= 11 is 0. The SMILES string of the molecule is O=C(/C=C/c1ccc2c(c1)OCO2)Nc1ccccc1NC(=O)CC1C=CCC1. The second-order valence-electron chi connectivity index (χ2n) is 7.00. The number of allylic oxidation sites excluding steroid dienone is 2. The highest BCUT2D eigenvalue weighted by molar-refractivity contribution is 6.05. The Kier molecular flexibility index (Phi) is 5.61. The van der Waals surface area contributed by atoms with Gasteiger partial charge in [0.25, 0.3) is 0 Å². The van der Waals surface area contributed by atoms with Crippen molar-refractivity contribution in [2.75, 3.05) is 17.4 Å². The molecule has 0 saturated carbocycles. The molecule has 6 heteroatoms. The van der Waals surface area contributed by atoms with Crippen LogP contribution in [0.2, 0.25) is 0 Å². The summed E-state index contributed by atoms with van der Waals surface area (Å²) in [6.07, 6.45) is 9.83. The van der Waals surface area contributed by atoms with Gasteiger partial charge in [0, 0.05) is 12.5 Å². The van der Waals surface area contributed by atoms with Crippen molar-refractivity contribution in [1.82, 2.24) is 0 Å². The second-order valence-corrected chi connectivity index (χ2v) is 7.00. The zero-order valence-electron chi connectivity index (χ0n) is 15.9. The normalized spacial score (nSPS) is 16.9. The van der Waals surface area contributed by atoms with Gasteiger partial charge in [0.1, 0.15) is 0 Å². The van der Waals surface area contributed by atoms with E-state index in [1.54, 1.807) is 18.2 Å². The molecule has 0 radical (unpaired) electrons. The second kappa shape index (κ2) is 8.65. The highest BCUT2D eigenvalue weighted by Crippen LogP contribution is 2.32. The molecule has 2 aromatic carbocycles. The third-order valence-corrected chi connectivity index (χ3v) is 4.84. The van der Waals surface area contributed by atoms with Gasteiger partial charge in [0.15, 0.2) is 11.5 Å². The molecule has 0 spiro atoms. The minimum atomic E-state index is -0.289. The first-order chi connectivity index (χ1) is 14.2. The molecule has 148 valence electrons. The summed E-state index contributed by atoms with van der Waals surface area (Å²) in [5, 5.41) is 5.72. The fourth-order valence-corrected chi connectivity index (χ4v) is 3.37. The average Bonchev–Trinajstić information content (AvgIpc) is 3.39. The molecule has 1 atom stereocenters. The predicted octanol–water partition coefficient (Wildman–Crippen LogP) is 4.36. The van der Waals surface area contributed by atoms with Gasteiger partial charge in [0.05, 0.1) is 11.4 Å². The largest absolute Gasteiger partial charge is 0.454 e. The molecular formula is C23H22N2O4. The van der Waals surface area contributed by atoms with Crippen LogP contribution in [0.3, 0.4) is 0 Å². The zero-order chi connectivity index (χ0) is 20.1. The number of anilines is 2. The lowest BCUT2D eigenvalue weighted by Crippen LogP contribution is -2.17. The Balaban J connectivity index is 1.38. The molecule has 4 rings (SSSR count). The van der Waals surface area contributed by atoms with Crippen LogP contribution in [0, 0.1) is 5.92 Å². The van der Waals surface area contributed by atoms with Gasteiger partial charge in [-0.2, -0.15) is 0 Å². The number of para-hydroxylation sites is 2. The predicted molar refractivity (Wildman–Crippen MR) is 112 cm³/mol. The van der Waals surface area contributed by atoms with Crippen molar-refractivity contribution in [1.29, 1.82) is 0 Å². The fourth-order valence-electron chi connectivity index (χ4n) is 3.37. The summed E-state index contributed by atoms with van der Waals surface area (Å²) in [4.78, 5) is 24.7. The molecular weight excluding hydrogens is 368 g/mol. The molecule has 2 aliphatic rings. The summed E-state index contributed by atoms with van der Waals surface area (Å²) in [6, 6.07) is 12.7. The van der Waals surface area contributed by atoms with Gasteiger partial charge in [-0.3, -0.25) is 9.59 Å². The maximum atomic E-state index is 12.4. The van der Waals surface area contributed by atoms with Crippen molar-refractivity contribution >= 4 is 29.3 Å². The molecule has 1 aliphatic carbocycles. The summed E-state index contributed by atoms with van der Waals surface area (Å²) in [6.45, 7) is 0.211. The van der Waals surface area contributed by atoms with E-state index in [4.69, 9.17) is 9.47 Å². The zero-order valence-corrected chi connectivity index (χ0v) is 15.9. The van der Waals surface area contributed by atoms with Crippen molar-refractivity contribution < 1.29 is 19.1 Å². The van der Waals surface area contributed by atoms with E-state index in [0.717, 1.165) is 18.4 Å². The Hall–Kier alpha value is -3.54. The minimum absolute atomic E-state index is 0.0563. The van der Waals surface area contributed by atoms with Crippen molar-refractivity contribution in [3.05, 3.63) is 66.3 Å². The summed E-state index contributed by atoms with van der Waals surface area (Å²) < 4.78 is 10.6. The molecule has 29 heavy (non-hydrogen) atoms. The number of ether oxygens (including phenoxy) is 2. The fraction of sp³-hybridized carbons (Fsp3) is 0.217. The van der Waals surface area contributed by atoms with Crippen LogP contribution in [0.4, 0.5) is 11.4 Å². The van der Waals surface area contributed by atoms with Crippen LogP contribution >= 0.6 is 0 Å². The number of benzene rings is 2. The van der Waals surface area contributed by atoms with E-state index in [2.05, 4.69) is 22.8 Å². The highest BCUT2D eigenvalue weighted by Gasteiger charge is 2.15. The van der Waals surface area contributed by atoms with Gasteiger partial charge in [-0.05, 0) is 54.7 Å². The molecule has 1 heterocycles. The number of carbonyl (C=O) groups is 2. The Bertz CT molecular complexity index is 981. The van der Waals surface area contributed by atoms with E-state index in [9.17, 15) is 9.59 Å². The Morgan fingerprint density at radius 1 is 1.03 bits per heavy atom. The lowest BCUT2D eigenvalue weighted by Gasteiger charge is -2.13. The van der Waals surface area contributed by atoms with Crippen LogP contribution in [0.25, 0.3) is 6.08 Å². The number of amides is 2. The monoisotopic (exact) mass is 390 g/mol. The average molecular weight is 390 g/mol. The third kappa shape index (κ3) is 4.85. The molecule has 0 bridgehead atoms. The van der Waals surface area contributed by atoms with Crippen LogP contribution < -0.4 is 20.1 Å². The molecule has 1 unspecified atom stereocenters. The number of nitrogens with one attached hydrogen (secondary N) is 2. The first kappa shape index (κ1) is 18.8. The maximum absolute atomic E-state index is 12.4. The smallest absolute Gasteiger partial charge is 0.248 e. The summed E-state index contributed by atoms with van der Waals surface area (Å²) in [5.41, 5.74) is 1.98. The molecule has 2 amide bonds. The first-order valence-electron chi connectivity index (χ1n) is 9.61. The van der Waals surface area contributed by atoms with E-state index in [1.807, 2.05) is 30.3 Å². The van der Waals surface area contributed by atoms with Gasteiger partial charge >= 0.3 is 0 Å². The topological polar surface area (TPSA) is 76.7 Å². The number of carbonyl (C=O) groups excluding carboxylic acids is 2. The molecule has 2 N–H and O–H groups in total. The molecule has 0 fully saturated rings. The standard InChI is InChI=1S/C23H22N2O4/c26-22(12-10-17-9-11-20-21(13-17)29-15-28-20)24-18-7-3-4-8-19(18)25-23(27)14-16-5-1-2-6-16/h1,3-5,7-13,16H,2,6,14-15H2,(H,24,26)(H,25,27)/b12-10+. The van der Waals surface area contributed by atoms with Crippen LogP contribution in [-0.4, -0.2) is 18.6 Å². The molecule has 0 saturated heterocycles. The molecule has 2 aromatic rings. The first-order valence-corrected chi connectivity index (χ1v) is 9.61. The van der Waals surface area contributed by atoms with Gasteiger partial charge < -0.3 is 20.1 Å². The number of hydrogen-bond acceptors (Lipinski definition) is 4. The molecule has 1 aliphatic heterocycles. The Morgan fingerprint density at radius 2 is 1.83 bits per heavy atom. The van der Waals surface area contributed by atoms with Gasteiger partial charge in [0.2, 0.25) is 18.6 Å². The van der Waals surface area contributed by atoms with Crippen LogP contribution in [-0.2, 0) is 9.59 Å². The lowest BCUT2D eigenvalue weighted by molar-refractivity contribution is -0.117. The lowest BCUT2D eigenvalue weighted by atomic mass is 10.0. The maximum Gasteiger partial charge on any atom is 0.248 e. The highest BCUT2D eigenvalue weighted by atomic mass is 16.7. The summed E-state index contributed by atoms with van der Waals surface area (Å²) in [7, 11) is 0. The minimum Gasteiger partial charge on any atom is -0.454 e. The van der Waals surface area contributed by atoms with Gasteiger partial charge in [-0.25, -0.2) is 0 Å². The van der Waals surface area contributed by atoms with E-state index < -0.39 is 0 Å². The van der Waals surface area contributed by atoms with E-state index in [0.29, 0.717) is 35.2 Å². The van der Waals surface area contributed by atoms with Crippen molar-refractivity contribution in [2.24, 2.45) is 5.92 Å². The third-order valence-electron chi connectivity index (χ3n) is 4.84. The molecule has 6 nitrogen and oxygen atoms in total.